The first-order valence-corrected chi connectivity index (χ1v) is 17.8. The summed E-state index contributed by atoms with van der Waals surface area (Å²) in [6.07, 6.45) is 11.5. The highest BCUT2D eigenvalue weighted by Crippen LogP contribution is 2.44. The Bertz CT molecular complexity index is 839. The Morgan fingerprint density at radius 2 is 1.02 bits per heavy atom. The number of hydrogen-bond donors (Lipinski definition) is 0. The van der Waals surface area contributed by atoms with Crippen molar-refractivity contribution < 1.29 is 41.9 Å². The second-order valence-corrected chi connectivity index (χ2v) is 14.6. The van der Waals surface area contributed by atoms with E-state index in [2.05, 4.69) is 36.3 Å². The van der Waals surface area contributed by atoms with Crippen LogP contribution in [0, 0.1) is 5.92 Å². The second kappa shape index (κ2) is 25.6. The summed E-state index contributed by atoms with van der Waals surface area (Å²) in [5.41, 5.74) is 2.43. The first-order chi connectivity index (χ1) is 18.6. The van der Waals surface area contributed by atoms with Crippen LogP contribution < -0.4 is 0 Å². The summed E-state index contributed by atoms with van der Waals surface area (Å²) in [6, 6.07) is 0. The lowest BCUT2D eigenvalue weighted by molar-refractivity contribution is -0.154. The lowest BCUT2D eigenvalue weighted by atomic mass is 10.1. The van der Waals surface area contributed by atoms with Gasteiger partial charge in [-0.3, -0.25) is 13.9 Å². The van der Waals surface area contributed by atoms with Crippen molar-refractivity contribution in [3.8, 4) is 0 Å². The summed E-state index contributed by atoms with van der Waals surface area (Å²) >= 11 is 0. The fourth-order valence-corrected chi connectivity index (χ4v) is 5.13. The van der Waals surface area contributed by atoms with E-state index >= 15 is 0 Å². The minimum atomic E-state index is -2.51. The van der Waals surface area contributed by atoms with Gasteiger partial charge in [-0.05, 0) is 46.1 Å². The first-order valence-electron chi connectivity index (χ1n) is 13.3. The molecule has 0 N–H and O–H groups in total. The van der Waals surface area contributed by atoms with Gasteiger partial charge < -0.3 is 28.0 Å². The van der Waals surface area contributed by atoms with E-state index in [1.54, 1.807) is 39.7 Å². The molecule has 0 fully saturated rings. The van der Waals surface area contributed by atoms with Gasteiger partial charge in [0.15, 0.2) is 12.1 Å². The minimum Gasteiger partial charge on any atom is -0.352 e. The Morgan fingerprint density at radius 3 is 1.27 bits per heavy atom. The number of ether oxygens (including phenoxy) is 4. The third-order valence-corrected chi connectivity index (χ3v) is 8.50. The molecular weight excluding hydrogens is 554 g/mol. The maximum absolute atomic E-state index is 11.7. The molecule has 0 saturated heterocycles. The summed E-state index contributed by atoms with van der Waals surface area (Å²) in [6.45, 7) is 17.7. The fourth-order valence-electron chi connectivity index (χ4n) is 2.77. The average Bonchev–Trinajstić information content (AvgIpc) is 2.86. The zero-order valence-electron chi connectivity index (χ0n) is 27.1. The molecule has 0 aromatic heterocycles. The van der Waals surface area contributed by atoms with Crippen molar-refractivity contribution in [2.24, 2.45) is 5.92 Å². The van der Waals surface area contributed by atoms with Crippen molar-refractivity contribution in [3.05, 3.63) is 47.6 Å². The third-order valence-electron chi connectivity index (χ3n) is 5.15. The smallest absolute Gasteiger partial charge is 0.216 e. The molecular formula is C29H56O9P2. The van der Waals surface area contributed by atoms with Crippen LogP contribution in [0.1, 0.15) is 48.5 Å². The molecule has 0 aliphatic carbocycles. The molecule has 2 unspecified atom stereocenters. The van der Waals surface area contributed by atoms with E-state index in [0.717, 1.165) is 5.57 Å². The van der Waals surface area contributed by atoms with Crippen molar-refractivity contribution in [2.75, 3.05) is 67.3 Å². The van der Waals surface area contributed by atoms with Crippen LogP contribution in [0.25, 0.3) is 0 Å². The Kier molecular flexibility index (Phi) is 27.7. The predicted octanol–water partition coefficient (Wildman–Crippen LogP) is 7.34. The molecule has 0 aliphatic heterocycles. The molecule has 0 heterocycles. The molecule has 40 heavy (non-hydrogen) atoms. The molecule has 0 aliphatic rings. The Labute approximate surface area is 244 Å². The zero-order chi connectivity index (χ0) is 31.8. The van der Waals surface area contributed by atoms with Gasteiger partial charge in [0.1, 0.15) is 0 Å². The lowest BCUT2D eigenvalue weighted by Crippen LogP contribution is -2.21. The summed E-state index contributed by atoms with van der Waals surface area (Å²) in [5, 5.41) is 0. The van der Waals surface area contributed by atoms with Gasteiger partial charge in [-0.1, -0.05) is 55.9 Å². The number of hydrogen-bond acceptors (Lipinski definition) is 9. The zero-order valence-corrected chi connectivity index (χ0v) is 28.9. The van der Waals surface area contributed by atoms with E-state index < -0.39 is 21.0 Å². The summed E-state index contributed by atoms with van der Waals surface area (Å²) < 4.78 is 53.1. The van der Waals surface area contributed by atoms with E-state index in [0.29, 0.717) is 31.5 Å². The van der Waals surface area contributed by atoms with Gasteiger partial charge in [-0.25, -0.2) is 0 Å². The molecule has 11 heteroatoms. The van der Waals surface area contributed by atoms with Gasteiger partial charge in [-0.15, -0.1) is 0 Å². The van der Waals surface area contributed by atoms with E-state index in [1.807, 2.05) is 39.0 Å². The van der Waals surface area contributed by atoms with Crippen LogP contribution >= 0.6 is 14.7 Å². The van der Waals surface area contributed by atoms with E-state index in [9.17, 15) is 13.9 Å². The Hall–Kier alpha value is -1.15. The van der Waals surface area contributed by atoms with Crippen LogP contribution in [0.2, 0.25) is 0 Å². The van der Waals surface area contributed by atoms with Crippen molar-refractivity contribution in [1.29, 1.82) is 0 Å². The standard InChI is InChI=1S/C14H24O2.C10H22O4P2.C5H10O3/c1-11(2)12(3)9-7-8-10-13(4)14(15-5)16-6;1-5-13-15(3,11)9-7-8-10-16(4,12)14-6-2;1-4(6)5(7-2)8-3/h7-11,14H,1-6H3;7-8H,5-6,9-10H2,1-4H3;5H,1-3H3/b8-7+,12-9+,13-10+;8-7+;. The number of allylic oxidation sites excluding steroid dienone is 7. The maximum atomic E-state index is 11.7. The molecule has 2 atom stereocenters. The summed E-state index contributed by atoms with van der Waals surface area (Å²) in [5.74, 6) is 0.482. The van der Waals surface area contributed by atoms with E-state index in [-0.39, 0.29) is 12.1 Å². The van der Waals surface area contributed by atoms with Gasteiger partial charge in [0.25, 0.3) is 0 Å². The number of carbonyl (C=O) groups is 1. The van der Waals surface area contributed by atoms with Gasteiger partial charge in [-0.2, -0.15) is 0 Å². The van der Waals surface area contributed by atoms with Crippen LogP contribution in [-0.4, -0.2) is 85.7 Å². The molecule has 0 rings (SSSR count). The largest absolute Gasteiger partial charge is 0.352 e. The van der Waals surface area contributed by atoms with Crippen molar-refractivity contribution in [2.45, 2.75) is 61.0 Å². The van der Waals surface area contributed by atoms with Gasteiger partial charge >= 0.3 is 0 Å². The summed E-state index contributed by atoms with van der Waals surface area (Å²) in [4.78, 5) is 10.4. The van der Waals surface area contributed by atoms with Gasteiger partial charge in [0.05, 0.1) is 13.2 Å². The first kappa shape index (κ1) is 43.3. The van der Waals surface area contributed by atoms with Gasteiger partial charge in [0, 0.05) is 54.1 Å². The number of methoxy groups -OCH3 is 4. The highest BCUT2D eigenvalue weighted by Gasteiger charge is 2.14. The number of Topliss-reactive ketones (excluding diaryl/α,β-unsaturated/α-hetero) is 1. The van der Waals surface area contributed by atoms with Crippen LogP contribution in [0.5, 0.6) is 0 Å². The molecule has 0 aromatic carbocycles. The van der Waals surface area contributed by atoms with Crippen molar-refractivity contribution >= 4 is 20.5 Å². The van der Waals surface area contributed by atoms with Crippen LogP contribution in [-0.2, 0) is 41.9 Å². The molecule has 0 bridgehead atoms. The quantitative estimate of drug-likeness (QED) is 0.0724. The lowest BCUT2D eigenvalue weighted by Gasteiger charge is -2.12. The SMILES string of the molecule is CCOP(C)(=O)C/C=C/CP(C)(=O)OCC.COC(OC)/C(C)=C/C=C/C=C(\C)C(C)C.COC(OC)C(C)=O. The van der Waals surface area contributed by atoms with Crippen molar-refractivity contribution in [3.63, 3.8) is 0 Å². The normalized spacial score (nSPS) is 15.6. The van der Waals surface area contributed by atoms with Crippen LogP contribution in [0.15, 0.2) is 47.6 Å². The molecule has 0 amide bonds. The summed E-state index contributed by atoms with van der Waals surface area (Å²) in [7, 11) is 1.11. The van der Waals surface area contributed by atoms with Crippen LogP contribution in [0.3, 0.4) is 0 Å². The monoisotopic (exact) mass is 610 g/mol. The third kappa shape index (κ3) is 25.8. The molecule has 9 nitrogen and oxygen atoms in total. The Morgan fingerprint density at radius 1 is 0.675 bits per heavy atom. The minimum absolute atomic E-state index is 0.116. The second-order valence-electron chi connectivity index (χ2n) is 9.28. The molecule has 0 saturated carbocycles. The topological polar surface area (TPSA) is 107 Å². The molecule has 0 aromatic rings. The molecule has 0 spiro atoms. The van der Waals surface area contributed by atoms with Crippen molar-refractivity contribution in [1.82, 2.24) is 0 Å². The molecule has 0 radical (unpaired) electrons. The van der Waals surface area contributed by atoms with E-state index in [4.69, 9.17) is 18.5 Å². The fraction of sp³-hybridized carbons (Fsp3) is 0.690. The van der Waals surface area contributed by atoms with Crippen LogP contribution in [0.4, 0.5) is 0 Å². The predicted molar refractivity (Wildman–Crippen MR) is 167 cm³/mol. The number of carbonyl (C=O) groups excluding carboxylic acids is 1. The molecule has 236 valence electrons. The van der Waals surface area contributed by atoms with E-state index in [1.165, 1.54) is 26.7 Å². The average molecular weight is 611 g/mol. The highest BCUT2D eigenvalue weighted by atomic mass is 31.2. The maximum Gasteiger partial charge on any atom is 0.216 e. The Balaban J connectivity index is -0.000000543. The number of rotatable bonds is 17. The number of ketones is 1. The van der Waals surface area contributed by atoms with Gasteiger partial charge in [0.2, 0.25) is 21.0 Å². The highest BCUT2D eigenvalue weighted by molar-refractivity contribution is 7.58.